The number of phenolic OH excluding ortho intramolecular Hbond substituents is 1. The first kappa shape index (κ1) is 8.31. The number of rotatable bonds is 1. The van der Waals surface area contributed by atoms with Crippen molar-refractivity contribution in [2.75, 3.05) is 7.11 Å². The molecule has 1 aromatic heterocycles. The Morgan fingerprint density at radius 2 is 2.23 bits per heavy atom. The first-order valence-electron chi connectivity index (χ1n) is 3.85. The molecule has 0 aliphatic heterocycles. The normalized spacial score (nSPS) is 10.6. The zero-order chi connectivity index (χ0) is 9.42. The van der Waals surface area contributed by atoms with E-state index in [-0.39, 0.29) is 5.75 Å². The van der Waals surface area contributed by atoms with Crippen LogP contribution in [0.25, 0.3) is 10.2 Å². The smallest absolute Gasteiger partial charge is 0.162 e. The molecule has 0 aliphatic rings. The molecule has 0 bridgehead atoms. The van der Waals surface area contributed by atoms with Gasteiger partial charge in [-0.1, -0.05) is 0 Å². The van der Waals surface area contributed by atoms with Crippen molar-refractivity contribution in [1.82, 2.24) is 4.98 Å². The lowest BCUT2D eigenvalue weighted by Crippen LogP contribution is -1.82. The maximum Gasteiger partial charge on any atom is 0.162 e. The minimum absolute atomic E-state index is 0.139. The van der Waals surface area contributed by atoms with Crippen LogP contribution in [-0.2, 0) is 0 Å². The van der Waals surface area contributed by atoms with Crippen molar-refractivity contribution < 1.29 is 9.84 Å². The molecular formula is C9H9NO2S. The van der Waals surface area contributed by atoms with Gasteiger partial charge in [0.15, 0.2) is 11.5 Å². The van der Waals surface area contributed by atoms with Crippen molar-refractivity contribution in [3.8, 4) is 11.5 Å². The number of aromatic hydroxyl groups is 1. The zero-order valence-corrected chi connectivity index (χ0v) is 8.18. The van der Waals surface area contributed by atoms with Crippen LogP contribution in [-0.4, -0.2) is 17.2 Å². The number of thiazole rings is 1. The number of hydrogen-bond acceptors (Lipinski definition) is 4. The summed E-state index contributed by atoms with van der Waals surface area (Å²) in [6.45, 7) is 1.94. The summed E-state index contributed by atoms with van der Waals surface area (Å²) in [5, 5.41) is 10.4. The van der Waals surface area contributed by atoms with Crippen LogP contribution in [0.4, 0.5) is 0 Å². The van der Waals surface area contributed by atoms with Gasteiger partial charge in [-0.2, -0.15) is 0 Å². The highest BCUT2D eigenvalue weighted by Gasteiger charge is 2.06. The van der Waals surface area contributed by atoms with E-state index >= 15 is 0 Å². The van der Waals surface area contributed by atoms with Gasteiger partial charge in [0, 0.05) is 12.1 Å². The Bertz CT molecular complexity index is 450. The van der Waals surface area contributed by atoms with Gasteiger partial charge in [0.2, 0.25) is 0 Å². The van der Waals surface area contributed by atoms with Crippen LogP contribution < -0.4 is 4.74 Å². The fourth-order valence-corrected chi connectivity index (χ4v) is 2.06. The highest BCUT2D eigenvalue weighted by molar-refractivity contribution is 7.18. The van der Waals surface area contributed by atoms with E-state index in [9.17, 15) is 5.11 Å². The van der Waals surface area contributed by atoms with Crippen molar-refractivity contribution in [3.63, 3.8) is 0 Å². The number of aryl methyl sites for hydroxylation is 1. The van der Waals surface area contributed by atoms with Crippen LogP contribution in [0.5, 0.6) is 11.5 Å². The SMILES string of the molecule is COc1cc2sc(C)nc2cc1O. The van der Waals surface area contributed by atoms with E-state index in [1.807, 2.05) is 6.92 Å². The van der Waals surface area contributed by atoms with E-state index in [2.05, 4.69) is 4.98 Å². The van der Waals surface area contributed by atoms with Crippen molar-refractivity contribution >= 4 is 21.6 Å². The summed E-state index contributed by atoms with van der Waals surface area (Å²) >= 11 is 1.59. The molecule has 3 nitrogen and oxygen atoms in total. The molecule has 0 atom stereocenters. The first-order valence-corrected chi connectivity index (χ1v) is 4.66. The van der Waals surface area contributed by atoms with Gasteiger partial charge in [-0.15, -0.1) is 11.3 Å². The van der Waals surface area contributed by atoms with Crippen LogP contribution in [0.2, 0.25) is 0 Å². The molecule has 2 aromatic rings. The van der Waals surface area contributed by atoms with Crippen LogP contribution >= 0.6 is 11.3 Å². The number of benzene rings is 1. The minimum Gasteiger partial charge on any atom is -0.504 e. The third-order valence-corrected chi connectivity index (χ3v) is 2.73. The monoisotopic (exact) mass is 195 g/mol. The lowest BCUT2D eigenvalue weighted by molar-refractivity contribution is 0.374. The quantitative estimate of drug-likeness (QED) is 0.759. The molecule has 0 amide bonds. The van der Waals surface area contributed by atoms with Crippen LogP contribution in [0, 0.1) is 6.92 Å². The molecule has 1 N–H and O–H groups in total. The number of ether oxygens (including phenoxy) is 1. The summed E-state index contributed by atoms with van der Waals surface area (Å²) in [6.07, 6.45) is 0. The largest absolute Gasteiger partial charge is 0.504 e. The van der Waals surface area contributed by atoms with Crippen LogP contribution in [0.3, 0.4) is 0 Å². The predicted molar refractivity (Wildman–Crippen MR) is 52.6 cm³/mol. The lowest BCUT2D eigenvalue weighted by atomic mass is 10.3. The fraction of sp³-hybridized carbons (Fsp3) is 0.222. The van der Waals surface area contributed by atoms with Gasteiger partial charge in [0.05, 0.1) is 22.3 Å². The van der Waals surface area contributed by atoms with Gasteiger partial charge < -0.3 is 9.84 Å². The van der Waals surface area contributed by atoms with Gasteiger partial charge in [-0.05, 0) is 6.92 Å². The molecule has 0 aliphatic carbocycles. The second-order valence-electron chi connectivity index (χ2n) is 2.72. The van der Waals surface area contributed by atoms with E-state index in [0.29, 0.717) is 5.75 Å². The molecule has 4 heteroatoms. The third kappa shape index (κ3) is 1.33. The highest BCUT2D eigenvalue weighted by Crippen LogP contribution is 2.33. The first-order chi connectivity index (χ1) is 6.20. The van der Waals surface area contributed by atoms with E-state index in [0.717, 1.165) is 15.2 Å². The molecule has 1 aromatic carbocycles. The number of hydrogen-bond donors (Lipinski definition) is 1. The molecule has 68 valence electrons. The summed E-state index contributed by atoms with van der Waals surface area (Å²) in [7, 11) is 1.54. The van der Waals surface area contributed by atoms with E-state index in [4.69, 9.17) is 4.74 Å². The van der Waals surface area contributed by atoms with Crippen molar-refractivity contribution in [2.24, 2.45) is 0 Å². The molecule has 2 rings (SSSR count). The molecule has 0 fully saturated rings. The Hall–Kier alpha value is -1.29. The number of nitrogens with zero attached hydrogens (tertiary/aromatic N) is 1. The summed E-state index contributed by atoms with van der Waals surface area (Å²) < 4.78 is 6.03. The molecule has 0 radical (unpaired) electrons. The van der Waals surface area contributed by atoms with Crippen molar-refractivity contribution in [1.29, 1.82) is 0 Å². The Morgan fingerprint density at radius 1 is 1.46 bits per heavy atom. The van der Waals surface area contributed by atoms with Gasteiger partial charge in [0.1, 0.15) is 0 Å². The maximum absolute atomic E-state index is 9.46. The summed E-state index contributed by atoms with van der Waals surface area (Å²) in [5.41, 5.74) is 0.820. The van der Waals surface area contributed by atoms with Gasteiger partial charge in [0.25, 0.3) is 0 Å². The molecule has 0 saturated heterocycles. The summed E-state index contributed by atoms with van der Waals surface area (Å²) in [4.78, 5) is 4.25. The lowest BCUT2D eigenvalue weighted by Gasteiger charge is -2.01. The topological polar surface area (TPSA) is 42.4 Å². The standard InChI is InChI=1S/C9H9NO2S/c1-5-10-6-3-7(11)8(12-2)4-9(6)13-5/h3-4,11H,1-2H3. The number of methoxy groups -OCH3 is 1. The molecule has 0 unspecified atom stereocenters. The third-order valence-electron chi connectivity index (χ3n) is 1.80. The van der Waals surface area contributed by atoms with Crippen molar-refractivity contribution in [3.05, 3.63) is 17.1 Å². The Morgan fingerprint density at radius 3 is 2.92 bits per heavy atom. The highest BCUT2D eigenvalue weighted by atomic mass is 32.1. The van der Waals surface area contributed by atoms with Gasteiger partial charge in [-0.3, -0.25) is 0 Å². The average molecular weight is 195 g/mol. The Balaban J connectivity index is 2.72. The Labute approximate surface area is 79.6 Å². The maximum atomic E-state index is 9.46. The number of aromatic nitrogens is 1. The van der Waals surface area contributed by atoms with E-state index in [1.165, 1.54) is 7.11 Å². The molecular weight excluding hydrogens is 186 g/mol. The second kappa shape index (κ2) is 2.88. The average Bonchev–Trinajstić information content (AvgIpc) is 2.42. The molecule has 1 heterocycles. The molecule has 0 saturated carbocycles. The van der Waals surface area contributed by atoms with E-state index < -0.39 is 0 Å². The number of phenols is 1. The fourth-order valence-electron chi connectivity index (χ4n) is 1.22. The predicted octanol–water partition coefficient (Wildman–Crippen LogP) is 2.32. The summed E-state index contributed by atoms with van der Waals surface area (Å²) in [6, 6.07) is 3.42. The molecule has 0 spiro atoms. The zero-order valence-electron chi connectivity index (χ0n) is 7.37. The van der Waals surface area contributed by atoms with Crippen molar-refractivity contribution in [2.45, 2.75) is 6.92 Å². The summed E-state index contributed by atoms with van der Waals surface area (Å²) in [5.74, 6) is 0.636. The number of fused-ring (bicyclic) bond motifs is 1. The van der Waals surface area contributed by atoms with Crippen LogP contribution in [0.1, 0.15) is 5.01 Å². The van der Waals surface area contributed by atoms with E-state index in [1.54, 1.807) is 23.5 Å². The van der Waals surface area contributed by atoms with Crippen LogP contribution in [0.15, 0.2) is 12.1 Å². The Kier molecular flexibility index (Phi) is 1.84. The van der Waals surface area contributed by atoms with Gasteiger partial charge >= 0.3 is 0 Å². The van der Waals surface area contributed by atoms with Gasteiger partial charge in [-0.25, -0.2) is 4.98 Å². The second-order valence-corrected chi connectivity index (χ2v) is 3.96. The molecule has 13 heavy (non-hydrogen) atoms. The minimum atomic E-state index is 0.139.